The molecule has 2 aromatic heterocycles. The molecule has 1 aliphatic carbocycles. The van der Waals surface area contributed by atoms with Crippen LogP contribution in [0, 0.1) is 0 Å². The Morgan fingerprint density at radius 3 is 2.90 bits per heavy atom. The van der Waals surface area contributed by atoms with E-state index in [9.17, 15) is 0 Å². The molecule has 102 valence electrons. The summed E-state index contributed by atoms with van der Waals surface area (Å²) >= 11 is 0. The molecule has 1 fully saturated rings. The maximum absolute atomic E-state index is 4.74. The van der Waals surface area contributed by atoms with Crippen molar-refractivity contribution >= 4 is 11.0 Å². The zero-order valence-electron chi connectivity index (χ0n) is 11.7. The molecule has 0 unspecified atom stereocenters. The average molecular weight is 266 g/mol. The molecule has 4 heteroatoms. The van der Waals surface area contributed by atoms with Gasteiger partial charge in [-0.25, -0.2) is 9.97 Å². The van der Waals surface area contributed by atoms with Crippen LogP contribution in [0.1, 0.15) is 37.3 Å². The molecule has 0 bridgehead atoms. The Morgan fingerprint density at radius 2 is 2.10 bits per heavy atom. The molecular formula is C16H18N4. The number of aromatic nitrogens is 4. The number of benzene rings is 1. The second-order valence-electron chi connectivity index (χ2n) is 5.48. The summed E-state index contributed by atoms with van der Waals surface area (Å²) in [6, 6.07) is 9.04. The minimum absolute atomic E-state index is 0.673. The summed E-state index contributed by atoms with van der Waals surface area (Å²) in [6.45, 7) is 3.02. The smallest absolute Gasteiger partial charge is 0.109 e. The highest BCUT2D eigenvalue weighted by Gasteiger charge is 2.25. The van der Waals surface area contributed by atoms with Crippen molar-refractivity contribution < 1.29 is 0 Å². The normalized spacial score (nSPS) is 15.1. The maximum atomic E-state index is 4.74. The first-order valence-corrected chi connectivity index (χ1v) is 7.31. The number of rotatable bonds is 4. The number of nitrogens with zero attached hydrogens (tertiary/aromatic N) is 4. The second-order valence-corrected chi connectivity index (χ2v) is 5.48. The van der Waals surface area contributed by atoms with E-state index in [2.05, 4.69) is 39.2 Å². The van der Waals surface area contributed by atoms with E-state index in [-0.39, 0.29) is 0 Å². The van der Waals surface area contributed by atoms with Gasteiger partial charge in [0.15, 0.2) is 0 Å². The number of imidazole rings is 2. The van der Waals surface area contributed by atoms with Gasteiger partial charge in [-0.15, -0.1) is 0 Å². The third-order valence-electron chi connectivity index (χ3n) is 4.06. The number of hydrogen-bond donors (Lipinski definition) is 0. The molecule has 1 aromatic carbocycles. The minimum atomic E-state index is 0.673. The minimum Gasteiger partial charge on any atom is -0.330 e. The predicted molar refractivity (Wildman–Crippen MR) is 78.7 cm³/mol. The number of para-hydroxylation sites is 2. The lowest BCUT2D eigenvalue weighted by Crippen LogP contribution is -2.08. The molecule has 0 spiro atoms. The highest BCUT2D eigenvalue weighted by atomic mass is 15.1. The Morgan fingerprint density at radius 1 is 1.25 bits per heavy atom. The SMILES string of the molecule is CCc1nc2ccccc2n1Cc1cncn1C1CC1. The van der Waals surface area contributed by atoms with Gasteiger partial charge in [0.2, 0.25) is 0 Å². The summed E-state index contributed by atoms with van der Waals surface area (Å²) < 4.78 is 4.65. The fraction of sp³-hybridized carbons (Fsp3) is 0.375. The van der Waals surface area contributed by atoms with Crippen LogP contribution in [-0.2, 0) is 13.0 Å². The lowest BCUT2D eigenvalue weighted by atomic mass is 10.3. The zero-order valence-corrected chi connectivity index (χ0v) is 11.7. The summed E-state index contributed by atoms with van der Waals surface area (Å²) in [5.74, 6) is 1.15. The Bertz CT molecular complexity index is 749. The molecule has 1 aliphatic rings. The summed E-state index contributed by atoms with van der Waals surface area (Å²) in [4.78, 5) is 9.06. The first-order chi connectivity index (χ1) is 9.86. The Kier molecular flexibility index (Phi) is 2.62. The van der Waals surface area contributed by atoms with Crippen molar-refractivity contribution in [2.45, 2.75) is 38.8 Å². The van der Waals surface area contributed by atoms with E-state index >= 15 is 0 Å². The summed E-state index contributed by atoms with van der Waals surface area (Å²) in [5.41, 5.74) is 3.58. The van der Waals surface area contributed by atoms with Crippen LogP contribution in [0.2, 0.25) is 0 Å². The van der Waals surface area contributed by atoms with Crippen LogP contribution in [0.25, 0.3) is 11.0 Å². The first kappa shape index (κ1) is 11.7. The van der Waals surface area contributed by atoms with Crippen molar-refractivity contribution in [2.75, 3.05) is 0 Å². The first-order valence-electron chi connectivity index (χ1n) is 7.31. The van der Waals surface area contributed by atoms with Crippen LogP contribution < -0.4 is 0 Å². The molecule has 4 rings (SSSR count). The largest absolute Gasteiger partial charge is 0.330 e. The molecule has 0 N–H and O–H groups in total. The van der Waals surface area contributed by atoms with Gasteiger partial charge in [-0.2, -0.15) is 0 Å². The van der Waals surface area contributed by atoms with Crippen molar-refractivity contribution in [3.8, 4) is 0 Å². The fourth-order valence-corrected chi connectivity index (χ4v) is 2.87. The fourth-order valence-electron chi connectivity index (χ4n) is 2.87. The average Bonchev–Trinajstić information content (AvgIpc) is 3.12. The summed E-state index contributed by atoms with van der Waals surface area (Å²) in [5, 5.41) is 0. The van der Waals surface area contributed by atoms with E-state index < -0.39 is 0 Å². The van der Waals surface area contributed by atoms with Gasteiger partial charge in [0.1, 0.15) is 5.82 Å². The van der Waals surface area contributed by atoms with Gasteiger partial charge >= 0.3 is 0 Å². The quantitative estimate of drug-likeness (QED) is 0.727. The lowest BCUT2D eigenvalue weighted by molar-refractivity contribution is 0.648. The number of hydrogen-bond acceptors (Lipinski definition) is 2. The highest BCUT2D eigenvalue weighted by Crippen LogP contribution is 2.36. The van der Waals surface area contributed by atoms with Crippen molar-refractivity contribution in [1.82, 2.24) is 19.1 Å². The topological polar surface area (TPSA) is 35.6 Å². The molecule has 3 aromatic rings. The van der Waals surface area contributed by atoms with E-state index in [1.807, 2.05) is 18.6 Å². The third-order valence-corrected chi connectivity index (χ3v) is 4.06. The van der Waals surface area contributed by atoms with Gasteiger partial charge in [-0.1, -0.05) is 19.1 Å². The van der Waals surface area contributed by atoms with Crippen molar-refractivity contribution in [3.05, 3.63) is 48.3 Å². The Labute approximate surface area is 118 Å². The van der Waals surface area contributed by atoms with Crippen LogP contribution in [0.3, 0.4) is 0 Å². The van der Waals surface area contributed by atoms with Crippen LogP contribution in [0.4, 0.5) is 0 Å². The number of fused-ring (bicyclic) bond motifs is 1. The van der Waals surface area contributed by atoms with Crippen molar-refractivity contribution in [2.24, 2.45) is 0 Å². The van der Waals surface area contributed by atoms with E-state index in [4.69, 9.17) is 4.98 Å². The van der Waals surface area contributed by atoms with Crippen molar-refractivity contribution in [1.29, 1.82) is 0 Å². The van der Waals surface area contributed by atoms with Gasteiger partial charge < -0.3 is 9.13 Å². The monoisotopic (exact) mass is 266 g/mol. The molecule has 0 atom stereocenters. The second kappa shape index (κ2) is 4.47. The highest BCUT2D eigenvalue weighted by molar-refractivity contribution is 5.76. The molecule has 0 aliphatic heterocycles. The molecule has 20 heavy (non-hydrogen) atoms. The summed E-state index contributed by atoms with van der Waals surface area (Å²) in [6.07, 6.45) is 7.49. The molecule has 0 amide bonds. The van der Waals surface area contributed by atoms with Crippen LogP contribution in [-0.4, -0.2) is 19.1 Å². The van der Waals surface area contributed by atoms with E-state index in [1.54, 1.807) is 0 Å². The summed E-state index contributed by atoms with van der Waals surface area (Å²) in [7, 11) is 0. The lowest BCUT2D eigenvalue weighted by Gasteiger charge is -2.10. The Balaban J connectivity index is 1.79. The molecule has 1 saturated carbocycles. The molecular weight excluding hydrogens is 248 g/mol. The molecule has 2 heterocycles. The Hall–Kier alpha value is -2.10. The van der Waals surface area contributed by atoms with Crippen LogP contribution >= 0.6 is 0 Å². The van der Waals surface area contributed by atoms with Gasteiger partial charge in [-0.05, 0) is 25.0 Å². The van der Waals surface area contributed by atoms with Gasteiger partial charge in [-0.3, -0.25) is 0 Å². The van der Waals surface area contributed by atoms with Crippen LogP contribution in [0.15, 0.2) is 36.8 Å². The molecule has 4 nitrogen and oxygen atoms in total. The van der Waals surface area contributed by atoms with Gasteiger partial charge in [0.25, 0.3) is 0 Å². The third kappa shape index (κ3) is 1.83. The maximum Gasteiger partial charge on any atom is 0.109 e. The van der Waals surface area contributed by atoms with E-state index in [1.165, 1.54) is 24.1 Å². The van der Waals surface area contributed by atoms with Gasteiger partial charge in [0.05, 0.1) is 29.6 Å². The zero-order chi connectivity index (χ0) is 13.5. The van der Waals surface area contributed by atoms with Crippen molar-refractivity contribution in [3.63, 3.8) is 0 Å². The predicted octanol–water partition coefficient (Wildman–Crippen LogP) is 3.18. The standard InChI is InChI=1S/C16H18N4/c1-2-16-18-14-5-3-4-6-15(14)19(16)10-13-9-17-11-20(13)12-7-8-12/h3-6,9,11-12H,2,7-8,10H2,1H3. The molecule has 0 saturated heterocycles. The molecule has 0 radical (unpaired) electrons. The van der Waals surface area contributed by atoms with Crippen LogP contribution in [0.5, 0.6) is 0 Å². The van der Waals surface area contributed by atoms with Gasteiger partial charge in [0, 0.05) is 18.7 Å². The van der Waals surface area contributed by atoms with E-state index in [0.29, 0.717) is 6.04 Å². The number of aryl methyl sites for hydroxylation is 1. The van der Waals surface area contributed by atoms with E-state index in [0.717, 1.165) is 24.3 Å².